The maximum atomic E-state index is 12.9. The first-order valence-corrected chi connectivity index (χ1v) is 31.6. The molecule has 0 atom stereocenters. The van der Waals surface area contributed by atoms with Crippen LogP contribution in [0, 0.1) is 0 Å². The van der Waals surface area contributed by atoms with Crippen molar-refractivity contribution in [3.8, 4) is 5.75 Å². The zero-order chi connectivity index (χ0) is 55.6. The van der Waals surface area contributed by atoms with Gasteiger partial charge in [-0.1, -0.05) is 0 Å². The van der Waals surface area contributed by atoms with Crippen LogP contribution in [-0.2, 0) is 110 Å². The Morgan fingerprint density at radius 2 is 0.639 bits per heavy atom. The molecule has 0 radical (unpaired) electrons. The minimum Gasteiger partial charge on any atom is -0.505 e. The number of fused-ring (bicyclic) bond motifs is 1. The zero-order valence-corrected chi connectivity index (χ0v) is 41.9. The Balaban J connectivity index is 2.15. The molecule has 4 rings (SSSR count). The summed E-state index contributed by atoms with van der Waals surface area (Å²) in [6, 6.07) is -0.152. The van der Waals surface area contributed by atoms with E-state index < -0.39 is 210 Å². The van der Waals surface area contributed by atoms with Crippen LogP contribution in [0.25, 0.3) is 10.8 Å². The molecular weight excluding hydrogens is 1200 g/mol. The highest BCUT2D eigenvalue weighted by atomic mass is 32.3. The van der Waals surface area contributed by atoms with Gasteiger partial charge in [-0.2, -0.15) is 67.3 Å². The van der Waals surface area contributed by atoms with Crippen molar-refractivity contribution in [3.05, 3.63) is 36.4 Å². The summed E-state index contributed by atoms with van der Waals surface area (Å²) in [4.78, 5) is -14.2. The largest absolute Gasteiger partial charge is 0.505 e. The van der Waals surface area contributed by atoms with Gasteiger partial charge in [-0.25, -0.2) is 25.2 Å². The molecule has 0 bridgehead atoms. The lowest BCUT2D eigenvalue weighted by Gasteiger charge is -2.15. The van der Waals surface area contributed by atoms with Crippen molar-refractivity contribution in [2.45, 2.75) is 39.2 Å². The molecule has 11 N–H and O–H groups in total. The Bertz CT molecular complexity index is 3860. The molecule has 0 saturated heterocycles. The molecule has 400 valence electrons. The highest BCUT2D eigenvalue weighted by molar-refractivity contribution is 7.92. The van der Waals surface area contributed by atoms with Crippen molar-refractivity contribution in [1.82, 2.24) is 0 Å². The minimum atomic E-state index is -6.02. The molecule has 0 amide bonds. The molecule has 4 aromatic rings. The van der Waals surface area contributed by atoms with Crippen LogP contribution in [0.15, 0.2) is 96.0 Å². The van der Waals surface area contributed by atoms with Gasteiger partial charge in [0.2, 0.25) is 0 Å². The van der Waals surface area contributed by atoms with Crippen LogP contribution >= 0.6 is 0 Å². The van der Waals surface area contributed by atoms with E-state index >= 15 is 0 Å². The number of hydrogen-bond donors (Lipinski definition) is 10. The second-order valence-corrected chi connectivity index (χ2v) is 28.0. The molecule has 0 aromatic heterocycles. The van der Waals surface area contributed by atoms with E-state index in [1.54, 1.807) is 0 Å². The van der Waals surface area contributed by atoms with Gasteiger partial charge in [-0.05, 0) is 41.8 Å². The Morgan fingerprint density at radius 3 is 0.917 bits per heavy atom. The van der Waals surface area contributed by atoms with Gasteiger partial charge in [0, 0.05) is 0 Å². The number of hydrogen-bond acceptors (Lipinski definition) is 28. The van der Waals surface area contributed by atoms with Gasteiger partial charge >= 0.3 is 20.8 Å². The molecule has 0 aliphatic rings. The van der Waals surface area contributed by atoms with Gasteiger partial charge in [0.1, 0.15) is 52.1 Å². The molecule has 0 spiro atoms. The number of nitrogens with two attached hydrogens (primary N) is 1. The minimum absolute atomic E-state index is 0.0926. The van der Waals surface area contributed by atoms with Crippen LogP contribution in [0.3, 0.4) is 0 Å². The van der Waals surface area contributed by atoms with E-state index in [9.17, 15) is 117 Å². The van der Waals surface area contributed by atoms with E-state index in [0.717, 1.165) is 0 Å². The number of azo groups is 2. The summed E-state index contributed by atoms with van der Waals surface area (Å²) in [6.45, 7) is -2.85. The Hall–Kier alpha value is -4.96. The molecule has 36 nitrogen and oxygen atoms in total. The molecule has 0 saturated carbocycles. The summed E-state index contributed by atoms with van der Waals surface area (Å²) < 4.78 is 330. The van der Waals surface area contributed by atoms with Crippen molar-refractivity contribution < 1.29 is 134 Å². The van der Waals surface area contributed by atoms with E-state index in [1.165, 1.54) is 0 Å². The van der Waals surface area contributed by atoms with E-state index in [0.29, 0.717) is 0 Å². The number of nitrogens with zero attached hydrogens (tertiary/aromatic N) is 4. The first-order valence-electron chi connectivity index (χ1n) is 16.9. The fourth-order valence-electron chi connectivity index (χ4n) is 5.50. The first kappa shape index (κ1) is 59.6. The van der Waals surface area contributed by atoms with Crippen LogP contribution in [0.5, 0.6) is 5.75 Å². The summed E-state index contributed by atoms with van der Waals surface area (Å²) in [7, 11) is -56.8. The van der Waals surface area contributed by atoms with Crippen molar-refractivity contribution in [1.29, 1.82) is 0 Å². The van der Waals surface area contributed by atoms with Crippen molar-refractivity contribution >= 4 is 140 Å². The monoisotopic (exact) mass is 1220 g/mol. The normalized spacial score (nSPS) is 14.2. The summed E-state index contributed by atoms with van der Waals surface area (Å²) in [5, 5.41) is 21.7. The van der Waals surface area contributed by atoms with Gasteiger partial charge in [-0.15, -0.1) is 20.5 Å². The van der Waals surface area contributed by atoms with Crippen LogP contribution in [0.1, 0.15) is 0 Å². The lowest BCUT2D eigenvalue weighted by Crippen LogP contribution is -2.17. The number of benzene rings is 4. The smallest absolute Gasteiger partial charge is 0.397 e. The maximum Gasteiger partial charge on any atom is 0.397 e. The van der Waals surface area contributed by atoms with Crippen LogP contribution in [-0.4, -0.2) is 150 Å². The third kappa shape index (κ3) is 14.2. The highest BCUT2D eigenvalue weighted by Gasteiger charge is 2.34. The lowest BCUT2D eigenvalue weighted by molar-refractivity contribution is 0.282. The molecule has 0 fully saturated rings. The molecule has 0 aliphatic heterocycles. The summed E-state index contributed by atoms with van der Waals surface area (Å²) >= 11 is 0. The molecule has 72 heavy (non-hydrogen) atoms. The van der Waals surface area contributed by atoms with Gasteiger partial charge in [0.15, 0.2) is 25.4 Å². The van der Waals surface area contributed by atoms with E-state index in [2.05, 4.69) is 28.8 Å². The van der Waals surface area contributed by atoms with E-state index in [4.69, 9.17) is 14.8 Å². The number of aromatic hydroxyl groups is 1. The van der Waals surface area contributed by atoms with Gasteiger partial charge < -0.3 is 10.8 Å². The topological polar surface area (TPSA) is 617 Å². The second kappa shape index (κ2) is 19.7. The zero-order valence-electron chi connectivity index (χ0n) is 33.7. The predicted octanol–water partition coefficient (Wildman–Crippen LogP) is -0.375. The van der Waals surface area contributed by atoms with Crippen molar-refractivity contribution in [2.75, 3.05) is 30.5 Å². The van der Waals surface area contributed by atoms with Gasteiger partial charge in [-0.3, -0.25) is 36.4 Å². The molecule has 0 heterocycles. The summed E-state index contributed by atoms with van der Waals surface area (Å²) in [5.74, 6) is -4.85. The van der Waals surface area contributed by atoms with Gasteiger partial charge in [0.05, 0.1) is 45.6 Å². The quantitative estimate of drug-likeness (QED) is 0.0306. The van der Waals surface area contributed by atoms with E-state index in [1.807, 2.05) is 0 Å². The third-order valence-corrected chi connectivity index (χ3v) is 17.8. The SMILES string of the molecule is Nc1c(N=Nc2c(S(=O)(=O)O)cc(S(=O)(=O)CCOS(=O)(=O)O)cc2S(=O)(=O)O)c(S(=O)(=O)O)cc2cc(S(=O)(=O)O)c(N=Nc3c(S(=O)(=O)O)cc(S(=O)(=O)CCOS(=O)(=O)O)cc3S(=O)(=O)O)c(O)c12. The number of phenolic OH excluding ortho intramolecular Hbond substituents is 1. The van der Waals surface area contributed by atoms with Gasteiger partial charge in [0.25, 0.3) is 60.7 Å². The Morgan fingerprint density at radius 1 is 0.389 bits per heavy atom. The standard InChI is InChI=1S/C26H25N5O31S10/c27-21-20-11(5-14(65(37,38)39)24(21)30-28-22-16(67(43,44)45)7-12(8-17(22)68(46,47)48)63(33,34)3-1-61-71(55,56)57)6-15(66(40,41)42)25(26(20)32)31-29-23-18(69(49,50)51)9-13(10-19(23)70(52,53)54)64(35,36)4-2-62-72(58,59)60/h5-10,32H,1-4,27H2,(H,37,38,39)(H,40,41,42)(H,43,44,45)(H,46,47,48)(H,49,50,51)(H,52,53,54)(H,55,56,57)(H,58,59,60). The van der Waals surface area contributed by atoms with Crippen LogP contribution in [0.4, 0.5) is 28.4 Å². The maximum absolute atomic E-state index is 12.9. The Kier molecular flexibility index (Phi) is 16.3. The number of anilines is 1. The second-order valence-electron chi connectivity index (χ2n) is 13.2. The molecule has 0 aliphatic carbocycles. The summed E-state index contributed by atoms with van der Waals surface area (Å²) in [5.41, 5.74) is -2.45. The predicted molar refractivity (Wildman–Crippen MR) is 229 cm³/mol. The lowest BCUT2D eigenvalue weighted by atomic mass is 10.1. The van der Waals surface area contributed by atoms with Crippen LogP contribution in [0.2, 0.25) is 0 Å². The molecule has 46 heteroatoms. The number of rotatable bonds is 20. The fraction of sp³-hybridized carbons (Fsp3) is 0.154. The van der Waals surface area contributed by atoms with E-state index in [-0.39, 0.29) is 36.4 Å². The fourth-order valence-corrected chi connectivity index (χ4v) is 13.0. The highest BCUT2D eigenvalue weighted by Crippen LogP contribution is 2.49. The number of sulfone groups is 2. The average molecular weight is 1220 g/mol. The molecule has 4 aromatic carbocycles. The molecule has 0 unspecified atom stereocenters. The average Bonchev–Trinajstić information content (AvgIpc) is 3.15. The van der Waals surface area contributed by atoms with Crippen molar-refractivity contribution in [2.24, 2.45) is 20.5 Å². The molecular formula is C26H25N5O31S10. The number of phenols is 1. The summed E-state index contributed by atoms with van der Waals surface area (Å²) in [6.07, 6.45) is 0. The Labute approximate surface area is 404 Å². The number of nitrogen functional groups attached to an aromatic ring is 1. The first-order chi connectivity index (χ1) is 32.1. The van der Waals surface area contributed by atoms with Crippen molar-refractivity contribution in [3.63, 3.8) is 0 Å². The third-order valence-electron chi connectivity index (χ3n) is 8.40. The van der Waals surface area contributed by atoms with Crippen LogP contribution < -0.4 is 5.73 Å².